The van der Waals surface area contributed by atoms with Gasteiger partial charge in [0.05, 0.1) is 21.8 Å². The SMILES string of the molecule is C=CCn1c(SCC(=O)Nc2cc(Cl)ccc2Cl)nc2scc(-c3ccccc3)c2c1=O. The maximum Gasteiger partial charge on any atom is 0.263 e. The maximum atomic E-state index is 13.3. The van der Waals surface area contributed by atoms with Gasteiger partial charge in [-0.15, -0.1) is 17.9 Å². The monoisotopic (exact) mass is 501 g/mol. The Balaban J connectivity index is 1.63. The van der Waals surface area contributed by atoms with Gasteiger partial charge in [0, 0.05) is 22.5 Å². The molecule has 1 N–H and O–H groups in total. The Hall–Kier alpha value is -2.58. The predicted octanol–water partition coefficient (Wildman–Crippen LogP) is 6.35. The van der Waals surface area contributed by atoms with E-state index < -0.39 is 0 Å². The normalized spacial score (nSPS) is 10.9. The minimum absolute atomic E-state index is 0.0504. The topological polar surface area (TPSA) is 64.0 Å². The number of nitrogens with zero attached hydrogens (tertiary/aromatic N) is 2. The molecule has 0 unspecified atom stereocenters. The highest BCUT2D eigenvalue weighted by Gasteiger charge is 2.18. The van der Waals surface area contributed by atoms with Crippen molar-refractivity contribution in [2.45, 2.75) is 11.7 Å². The molecular weight excluding hydrogens is 485 g/mol. The Morgan fingerprint density at radius 1 is 1.22 bits per heavy atom. The fraction of sp³-hybridized carbons (Fsp3) is 0.0870. The zero-order chi connectivity index (χ0) is 22.7. The molecule has 0 saturated heterocycles. The lowest BCUT2D eigenvalue weighted by atomic mass is 10.1. The van der Waals surface area contributed by atoms with Crippen LogP contribution in [-0.2, 0) is 11.3 Å². The van der Waals surface area contributed by atoms with Gasteiger partial charge in [-0.05, 0) is 23.8 Å². The third-order valence-corrected chi connectivity index (χ3v) is 7.00. The van der Waals surface area contributed by atoms with Crippen molar-refractivity contribution in [2.24, 2.45) is 0 Å². The first-order valence-corrected chi connectivity index (χ1v) is 12.2. The molecule has 4 rings (SSSR count). The van der Waals surface area contributed by atoms with Crippen molar-refractivity contribution in [3.63, 3.8) is 0 Å². The number of carbonyl (C=O) groups excluding carboxylic acids is 1. The summed E-state index contributed by atoms with van der Waals surface area (Å²) in [4.78, 5) is 31.2. The van der Waals surface area contributed by atoms with E-state index in [9.17, 15) is 9.59 Å². The van der Waals surface area contributed by atoms with Crippen molar-refractivity contribution in [3.05, 3.63) is 87.0 Å². The molecule has 0 aliphatic heterocycles. The number of carbonyl (C=O) groups is 1. The number of hydrogen-bond donors (Lipinski definition) is 1. The van der Waals surface area contributed by atoms with Crippen LogP contribution in [0.5, 0.6) is 0 Å². The smallest absolute Gasteiger partial charge is 0.263 e. The summed E-state index contributed by atoms with van der Waals surface area (Å²) in [5, 5.41) is 6.57. The number of hydrogen-bond acceptors (Lipinski definition) is 5. The predicted molar refractivity (Wildman–Crippen MR) is 135 cm³/mol. The molecule has 0 spiro atoms. The Morgan fingerprint density at radius 3 is 2.75 bits per heavy atom. The van der Waals surface area contributed by atoms with Gasteiger partial charge in [0.15, 0.2) is 5.16 Å². The molecule has 0 saturated carbocycles. The Labute approximate surface area is 202 Å². The highest BCUT2D eigenvalue weighted by molar-refractivity contribution is 7.99. The van der Waals surface area contributed by atoms with Crippen molar-refractivity contribution >= 4 is 68.1 Å². The highest BCUT2D eigenvalue weighted by atomic mass is 35.5. The number of benzene rings is 2. The molecule has 0 aliphatic rings. The Bertz CT molecular complexity index is 1370. The molecule has 2 aromatic heterocycles. The van der Waals surface area contributed by atoms with E-state index in [1.54, 1.807) is 28.8 Å². The second-order valence-electron chi connectivity index (χ2n) is 6.76. The number of amides is 1. The fourth-order valence-corrected chi connectivity index (χ4v) is 5.28. The van der Waals surface area contributed by atoms with E-state index >= 15 is 0 Å². The van der Waals surface area contributed by atoms with Crippen LogP contribution in [0.4, 0.5) is 5.69 Å². The number of allylic oxidation sites excluding steroid dienone is 1. The van der Waals surface area contributed by atoms with Gasteiger partial charge >= 0.3 is 0 Å². The van der Waals surface area contributed by atoms with Crippen LogP contribution >= 0.6 is 46.3 Å². The van der Waals surface area contributed by atoms with Gasteiger partial charge in [-0.1, -0.05) is 71.4 Å². The molecule has 0 radical (unpaired) electrons. The van der Waals surface area contributed by atoms with E-state index in [2.05, 4.69) is 16.9 Å². The van der Waals surface area contributed by atoms with Crippen molar-refractivity contribution in [3.8, 4) is 11.1 Å². The number of fused-ring (bicyclic) bond motifs is 1. The number of nitrogens with one attached hydrogen (secondary N) is 1. The van der Waals surface area contributed by atoms with Crippen molar-refractivity contribution in [1.29, 1.82) is 0 Å². The average Bonchev–Trinajstić information content (AvgIpc) is 3.22. The van der Waals surface area contributed by atoms with Crippen LogP contribution in [0.15, 0.2) is 76.5 Å². The first-order chi connectivity index (χ1) is 15.5. The molecule has 0 fully saturated rings. The molecule has 0 bridgehead atoms. The molecule has 0 aliphatic carbocycles. The second-order valence-corrected chi connectivity index (χ2v) is 9.40. The Kier molecular flexibility index (Phi) is 7.01. The van der Waals surface area contributed by atoms with Crippen LogP contribution in [0.1, 0.15) is 0 Å². The quantitative estimate of drug-likeness (QED) is 0.182. The van der Waals surface area contributed by atoms with E-state index in [0.29, 0.717) is 31.1 Å². The van der Waals surface area contributed by atoms with E-state index in [-0.39, 0.29) is 23.8 Å². The third-order valence-electron chi connectivity index (χ3n) is 4.59. The van der Waals surface area contributed by atoms with Crippen LogP contribution in [0.3, 0.4) is 0 Å². The van der Waals surface area contributed by atoms with Gasteiger partial charge in [0.2, 0.25) is 5.91 Å². The fourth-order valence-electron chi connectivity index (χ4n) is 3.15. The summed E-state index contributed by atoms with van der Waals surface area (Å²) in [5.74, 6) is -0.232. The number of halogens is 2. The molecule has 4 aromatic rings. The van der Waals surface area contributed by atoms with Gasteiger partial charge < -0.3 is 5.32 Å². The summed E-state index contributed by atoms with van der Waals surface area (Å²) in [6.45, 7) is 4.04. The largest absolute Gasteiger partial charge is 0.324 e. The summed E-state index contributed by atoms with van der Waals surface area (Å²) < 4.78 is 1.54. The molecule has 2 heterocycles. The third kappa shape index (κ3) is 4.76. The lowest BCUT2D eigenvalue weighted by molar-refractivity contribution is -0.113. The summed E-state index contributed by atoms with van der Waals surface area (Å²) in [6, 6.07) is 14.6. The van der Waals surface area contributed by atoms with E-state index in [0.717, 1.165) is 11.1 Å². The lowest BCUT2D eigenvalue weighted by Gasteiger charge is -2.11. The number of aromatic nitrogens is 2. The standard InChI is InChI=1S/C23H17Cl2N3O2S2/c1-2-10-28-22(30)20-16(14-6-4-3-5-7-14)12-31-21(20)27-23(28)32-13-19(29)26-18-11-15(24)8-9-17(18)25/h2-9,11-12H,1,10,13H2,(H,26,29). The van der Waals surface area contributed by atoms with E-state index in [4.69, 9.17) is 23.2 Å². The summed E-state index contributed by atoms with van der Waals surface area (Å²) in [6.07, 6.45) is 1.64. The van der Waals surface area contributed by atoms with Crippen LogP contribution in [0.2, 0.25) is 10.0 Å². The molecule has 9 heteroatoms. The zero-order valence-corrected chi connectivity index (χ0v) is 19.8. The first-order valence-electron chi connectivity index (χ1n) is 9.54. The van der Waals surface area contributed by atoms with Crippen LogP contribution < -0.4 is 10.9 Å². The average molecular weight is 502 g/mol. The van der Waals surface area contributed by atoms with E-state index in [1.165, 1.54) is 23.1 Å². The van der Waals surface area contributed by atoms with Gasteiger partial charge in [-0.3, -0.25) is 14.2 Å². The number of rotatable bonds is 7. The first kappa shape index (κ1) is 22.6. The molecule has 32 heavy (non-hydrogen) atoms. The minimum Gasteiger partial charge on any atom is -0.324 e. The van der Waals surface area contributed by atoms with Crippen LogP contribution in [-0.4, -0.2) is 21.2 Å². The zero-order valence-electron chi connectivity index (χ0n) is 16.7. The summed E-state index contributed by atoms with van der Waals surface area (Å²) in [5.41, 5.74) is 2.09. The molecule has 162 valence electrons. The van der Waals surface area contributed by atoms with Gasteiger partial charge in [0.1, 0.15) is 4.83 Å². The molecule has 2 aromatic carbocycles. The maximum absolute atomic E-state index is 13.3. The second kappa shape index (κ2) is 9.92. The van der Waals surface area contributed by atoms with Gasteiger partial charge in [-0.25, -0.2) is 4.98 Å². The molecule has 1 amide bonds. The van der Waals surface area contributed by atoms with Crippen molar-refractivity contribution in [1.82, 2.24) is 9.55 Å². The highest BCUT2D eigenvalue weighted by Crippen LogP contribution is 2.32. The van der Waals surface area contributed by atoms with Gasteiger partial charge in [0.25, 0.3) is 5.56 Å². The number of anilines is 1. The Morgan fingerprint density at radius 2 is 2.00 bits per heavy atom. The van der Waals surface area contributed by atoms with Crippen molar-refractivity contribution < 1.29 is 4.79 Å². The van der Waals surface area contributed by atoms with Gasteiger partial charge in [-0.2, -0.15) is 0 Å². The van der Waals surface area contributed by atoms with Crippen molar-refractivity contribution in [2.75, 3.05) is 11.1 Å². The molecule has 0 atom stereocenters. The summed E-state index contributed by atoms with van der Waals surface area (Å²) in [7, 11) is 0. The molecular formula is C23H17Cl2N3O2S2. The van der Waals surface area contributed by atoms with Crippen LogP contribution in [0, 0.1) is 0 Å². The number of thiophene rings is 1. The molecule has 5 nitrogen and oxygen atoms in total. The summed E-state index contributed by atoms with van der Waals surface area (Å²) >= 11 is 14.7. The van der Waals surface area contributed by atoms with Crippen LogP contribution in [0.25, 0.3) is 21.3 Å². The lowest BCUT2D eigenvalue weighted by Crippen LogP contribution is -2.23. The van der Waals surface area contributed by atoms with E-state index in [1.807, 2.05) is 35.7 Å². The number of thioether (sulfide) groups is 1. The minimum atomic E-state index is -0.283.